The normalized spacial score (nSPS) is 10.9. The van der Waals surface area contributed by atoms with E-state index in [0.29, 0.717) is 5.56 Å². The number of carbonyl (C=O) groups excluding carboxylic acids is 2. The minimum atomic E-state index is -5.00. The van der Waals surface area contributed by atoms with Gasteiger partial charge in [0.15, 0.2) is 0 Å². The Balaban J connectivity index is 2.54. The average molecular weight is 262 g/mol. The van der Waals surface area contributed by atoms with Crippen molar-refractivity contribution in [3.8, 4) is 5.75 Å². The summed E-state index contributed by atoms with van der Waals surface area (Å²) in [6.45, 7) is 0.720. The molecule has 0 aliphatic rings. The predicted octanol–water partition coefficient (Wildman–Crippen LogP) is 2.22. The third kappa shape index (κ3) is 4.44. The third-order valence-electron chi connectivity index (χ3n) is 1.79. The lowest BCUT2D eigenvalue weighted by Crippen LogP contribution is -2.25. The molecule has 0 aromatic heterocycles. The molecule has 0 atom stereocenters. The topological polar surface area (TPSA) is 52.6 Å². The van der Waals surface area contributed by atoms with Gasteiger partial charge in [-0.15, -0.1) is 0 Å². The smallest absolute Gasteiger partial charge is 0.454 e. The Kier molecular flexibility index (Phi) is 4.30. The van der Waals surface area contributed by atoms with E-state index in [0.717, 1.165) is 0 Å². The molecule has 7 heteroatoms. The van der Waals surface area contributed by atoms with Crippen molar-refractivity contribution in [2.24, 2.45) is 0 Å². The molecule has 1 aromatic carbocycles. The molecule has 98 valence electrons. The average Bonchev–Trinajstić information content (AvgIpc) is 2.25. The van der Waals surface area contributed by atoms with Crippen molar-refractivity contribution in [2.45, 2.75) is 19.7 Å². The van der Waals surface area contributed by atoms with Crippen LogP contribution in [0.4, 0.5) is 13.2 Å². The summed E-state index contributed by atoms with van der Waals surface area (Å²) >= 11 is 0. The molecule has 0 heterocycles. The summed E-state index contributed by atoms with van der Waals surface area (Å²) in [5.41, 5.74) is 0.350. The van der Waals surface area contributed by atoms with Gasteiger partial charge in [-0.3, -0.25) is 4.79 Å². The Morgan fingerprint density at radius 3 is 2.17 bits per heavy atom. The first-order chi connectivity index (χ1) is 8.29. The van der Waals surface area contributed by atoms with Crippen LogP contribution in [0.25, 0.3) is 0 Å². The van der Waals surface area contributed by atoms with Crippen LogP contribution in [-0.4, -0.2) is 18.1 Å². The molecule has 0 aliphatic carbocycles. The van der Waals surface area contributed by atoms with Crippen LogP contribution in [-0.2, 0) is 20.9 Å². The monoisotopic (exact) mass is 262 g/mol. The largest absolute Gasteiger partial charge is 0.490 e. The maximum atomic E-state index is 11.8. The van der Waals surface area contributed by atoms with E-state index in [1.807, 2.05) is 0 Å². The van der Waals surface area contributed by atoms with E-state index >= 15 is 0 Å². The second-order valence-electron chi connectivity index (χ2n) is 3.31. The summed E-state index contributed by atoms with van der Waals surface area (Å²) in [7, 11) is 0. The van der Waals surface area contributed by atoms with Crippen molar-refractivity contribution in [3.63, 3.8) is 0 Å². The van der Waals surface area contributed by atoms with Crippen LogP contribution in [0, 0.1) is 0 Å². The van der Waals surface area contributed by atoms with Crippen LogP contribution in [0.2, 0.25) is 0 Å². The molecule has 0 unspecified atom stereocenters. The molecule has 4 nitrogen and oxygen atoms in total. The zero-order valence-electron chi connectivity index (χ0n) is 9.28. The maximum Gasteiger partial charge on any atom is 0.490 e. The zero-order chi connectivity index (χ0) is 13.8. The van der Waals surface area contributed by atoms with Crippen molar-refractivity contribution < 1.29 is 32.2 Å². The molecule has 0 N–H and O–H groups in total. The van der Waals surface area contributed by atoms with Crippen LogP contribution in [0.15, 0.2) is 24.3 Å². The number of benzene rings is 1. The second-order valence-corrected chi connectivity index (χ2v) is 3.31. The number of halogens is 3. The van der Waals surface area contributed by atoms with Gasteiger partial charge in [-0.25, -0.2) is 4.79 Å². The van der Waals surface area contributed by atoms with Gasteiger partial charge in [0.2, 0.25) is 0 Å². The van der Waals surface area contributed by atoms with Gasteiger partial charge in [-0.05, 0) is 17.7 Å². The first-order valence-electron chi connectivity index (χ1n) is 4.80. The molecule has 18 heavy (non-hydrogen) atoms. The van der Waals surface area contributed by atoms with Gasteiger partial charge in [0.05, 0.1) is 0 Å². The fourth-order valence-electron chi connectivity index (χ4n) is 1.05. The van der Waals surface area contributed by atoms with Crippen molar-refractivity contribution >= 4 is 11.9 Å². The number of rotatable bonds is 3. The van der Waals surface area contributed by atoms with E-state index in [-0.39, 0.29) is 5.75 Å². The Hall–Kier alpha value is -2.05. The van der Waals surface area contributed by atoms with E-state index in [1.165, 1.54) is 31.2 Å². The number of hydrogen-bond acceptors (Lipinski definition) is 4. The minimum Gasteiger partial charge on any atom is -0.454 e. The molecule has 0 radical (unpaired) electrons. The van der Waals surface area contributed by atoms with Crippen LogP contribution in [0.3, 0.4) is 0 Å². The molecular formula is C11H9F3O4. The molecule has 0 bridgehead atoms. The SMILES string of the molecule is CC(=O)Oc1ccc(COC(=O)C(F)(F)F)cc1. The first kappa shape index (κ1) is 14.0. The Morgan fingerprint density at radius 2 is 1.72 bits per heavy atom. The molecule has 1 aromatic rings. The molecular weight excluding hydrogens is 253 g/mol. The van der Waals surface area contributed by atoms with Gasteiger partial charge in [0.1, 0.15) is 12.4 Å². The van der Waals surface area contributed by atoms with Gasteiger partial charge in [0, 0.05) is 6.92 Å². The van der Waals surface area contributed by atoms with E-state index in [1.54, 1.807) is 0 Å². The van der Waals surface area contributed by atoms with Gasteiger partial charge in [-0.1, -0.05) is 12.1 Å². The Bertz CT molecular complexity index is 437. The number of hydrogen-bond donors (Lipinski definition) is 0. The lowest BCUT2D eigenvalue weighted by atomic mass is 10.2. The fourth-order valence-corrected chi connectivity index (χ4v) is 1.05. The van der Waals surface area contributed by atoms with Crippen LogP contribution < -0.4 is 4.74 Å². The van der Waals surface area contributed by atoms with Crippen molar-refractivity contribution in [1.82, 2.24) is 0 Å². The van der Waals surface area contributed by atoms with E-state index in [9.17, 15) is 22.8 Å². The lowest BCUT2D eigenvalue weighted by molar-refractivity contribution is -0.201. The summed E-state index contributed by atoms with van der Waals surface area (Å²) < 4.78 is 44.2. The summed E-state index contributed by atoms with van der Waals surface area (Å²) in [6, 6.07) is 5.56. The highest BCUT2D eigenvalue weighted by atomic mass is 19.4. The van der Waals surface area contributed by atoms with Gasteiger partial charge < -0.3 is 9.47 Å². The van der Waals surface area contributed by atoms with E-state index < -0.39 is 24.7 Å². The maximum absolute atomic E-state index is 11.8. The molecule has 0 saturated heterocycles. The van der Waals surface area contributed by atoms with Crippen LogP contribution in [0.5, 0.6) is 5.75 Å². The van der Waals surface area contributed by atoms with Gasteiger partial charge >= 0.3 is 18.1 Å². The molecule has 0 amide bonds. The van der Waals surface area contributed by atoms with Crippen LogP contribution in [0.1, 0.15) is 12.5 Å². The standard InChI is InChI=1S/C11H9F3O4/c1-7(15)18-9-4-2-8(3-5-9)6-17-10(16)11(12,13)14/h2-5H,6H2,1H3. The van der Waals surface area contributed by atoms with Gasteiger partial charge in [0.25, 0.3) is 0 Å². The number of carbonyl (C=O) groups is 2. The van der Waals surface area contributed by atoms with Crippen molar-refractivity contribution in [3.05, 3.63) is 29.8 Å². The number of esters is 2. The summed E-state index contributed by atoms with van der Waals surface area (Å²) in [4.78, 5) is 21.0. The summed E-state index contributed by atoms with van der Waals surface area (Å²) in [5, 5.41) is 0. The predicted molar refractivity (Wildman–Crippen MR) is 53.6 cm³/mol. The Morgan fingerprint density at radius 1 is 1.17 bits per heavy atom. The van der Waals surface area contributed by atoms with E-state index in [2.05, 4.69) is 4.74 Å². The molecule has 0 saturated carbocycles. The molecule has 0 fully saturated rings. The third-order valence-corrected chi connectivity index (χ3v) is 1.79. The number of alkyl halides is 3. The first-order valence-corrected chi connectivity index (χ1v) is 4.80. The quantitative estimate of drug-likeness (QED) is 0.619. The van der Waals surface area contributed by atoms with Crippen molar-refractivity contribution in [2.75, 3.05) is 0 Å². The highest BCUT2D eigenvalue weighted by Crippen LogP contribution is 2.18. The highest BCUT2D eigenvalue weighted by Gasteiger charge is 2.40. The Labute approximate surface area is 100 Å². The molecule has 1 rings (SSSR count). The van der Waals surface area contributed by atoms with E-state index in [4.69, 9.17) is 4.74 Å². The van der Waals surface area contributed by atoms with Crippen LogP contribution >= 0.6 is 0 Å². The second kappa shape index (κ2) is 5.52. The highest BCUT2D eigenvalue weighted by molar-refractivity contribution is 5.75. The molecule has 0 spiro atoms. The minimum absolute atomic E-state index is 0.258. The van der Waals surface area contributed by atoms with Gasteiger partial charge in [-0.2, -0.15) is 13.2 Å². The lowest BCUT2D eigenvalue weighted by Gasteiger charge is -2.07. The number of ether oxygens (including phenoxy) is 2. The fraction of sp³-hybridized carbons (Fsp3) is 0.273. The molecule has 0 aliphatic heterocycles. The summed E-state index contributed by atoms with van der Waals surface area (Å²) in [5.74, 6) is -2.49. The summed E-state index contributed by atoms with van der Waals surface area (Å²) in [6.07, 6.45) is -5.00. The van der Waals surface area contributed by atoms with Crippen molar-refractivity contribution in [1.29, 1.82) is 0 Å². The zero-order valence-corrected chi connectivity index (χ0v) is 9.28.